The molecule has 42 heteroatoms. The van der Waals surface area contributed by atoms with Gasteiger partial charge in [-0.1, -0.05) is 27.7 Å². The van der Waals surface area contributed by atoms with Gasteiger partial charge in [-0.2, -0.15) is 0 Å². The lowest BCUT2D eigenvalue weighted by Gasteiger charge is -2.25. The zero-order valence-electron chi connectivity index (χ0n) is 66.2. The number of Topliss-reactive ketones (excluding diaryl/α,β-unsaturated/α-hetero) is 2. The molecule has 3 aliphatic rings. The summed E-state index contributed by atoms with van der Waals surface area (Å²) in [5.74, 6) is -14.4. The van der Waals surface area contributed by atoms with Gasteiger partial charge in [-0.05, 0) is 71.1 Å². The van der Waals surface area contributed by atoms with E-state index in [0.717, 1.165) is 52.4 Å². The monoisotopic (exact) mass is 1660 g/mol. The number of carbonyl (C=O) groups excluding carboxylic acids is 21. The van der Waals surface area contributed by atoms with Crippen LogP contribution >= 0.6 is 23.5 Å². The number of carbonyl (C=O) groups is 21. The van der Waals surface area contributed by atoms with Crippen LogP contribution in [0.3, 0.4) is 0 Å². The average Bonchev–Trinajstić information content (AvgIpc) is 1.77. The fraction of sp³-hybridized carbons (Fsp3) is 0.685. The first-order valence-electron chi connectivity index (χ1n) is 38.8. The lowest BCUT2D eigenvalue weighted by molar-refractivity contribution is -0.140. The quantitative estimate of drug-likeness (QED) is 0.0154. The van der Waals surface area contributed by atoms with Crippen molar-refractivity contribution >= 4 is 147 Å². The molecule has 642 valence electrons. The molecular formula is C73H115N17O23S2. The molecule has 2 aliphatic heterocycles. The Bertz CT molecular complexity index is 3440. The molecular weight excluding hydrogens is 1550 g/mol. The zero-order valence-corrected chi connectivity index (χ0v) is 67.9. The van der Waals surface area contributed by atoms with Gasteiger partial charge in [-0.25, -0.2) is 0 Å². The third-order valence-corrected chi connectivity index (χ3v) is 20.7. The topological polar surface area (TPSA) is 592 Å². The molecule has 3 rings (SSSR count). The number of primary amides is 2. The van der Waals surface area contributed by atoms with Crippen molar-refractivity contribution in [2.75, 3.05) is 90.3 Å². The Kier molecular flexibility index (Phi) is 47.2. The number of imide groups is 2. The van der Waals surface area contributed by atoms with E-state index in [1.54, 1.807) is 27.7 Å². The number of ketones is 2. The molecule has 0 aromatic heterocycles. The van der Waals surface area contributed by atoms with Crippen LogP contribution in [0.5, 0.6) is 0 Å². The van der Waals surface area contributed by atoms with Crippen molar-refractivity contribution in [1.82, 2.24) is 78.9 Å². The Morgan fingerprint density at radius 1 is 0.435 bits per heavy atom. The maximum atomic E-state index is 14.1. The molecule has 1 saturated carbocycles. The van der Waals surface area contributed by atoms with Gasteiger partial charge in [0.2, 0.25) is 100 Å². The summed E-state index contributed by atoms with van der Waals surface area (Å²) in [5.41, 5.74) is 11.3. The molecule has 0 spiro atoms. The molecule has 40 nitrogen and oxygen atoms in total. The minimum absolute atomic E-state index is 0.0326. The maximum Gasteiger partial charge on any atom is 0.253 e. The van der Waals surface area contributed by atoms with Gasteiger partial charge < -0.3 is 90.1 Å². The third-order valence-electron chi connectivity index (χ3n) is 18.1. The van der Waals surface area contributed by atoms with E-state index in [0.29, 0.717) is 58.2 Å². The highest BCUT2D eigenvalue weighted by atomic mass is 32.2. The molecule has 0 aromatic rings. The third kappa shape index (κ3) is 39.3. The molecule has 10 unspecified atom stereocenters. The Labute approximate surface area is 676 Å². The smallest absolute Gasteiger partial charge is 0.253 e. The summed E-state index contributed by atoms with van der Waals surface area (Å²) in [6, 6.07) is -8.66. The molecule has 0 bridgehead atoms. The van der Waals surface area contributed by atoms with Crippen molar-refractivity contribution in [3.63, 3.8) is 0 Å². The van der Waals surface area contributed by atoms with Crippen LogP contribution in [0.25, 0.3) is 0 Å². The summed E-state index contributed by atoms with van der Waals surface area (Å²) in [6.45, 7) is 9.49. The first-order chi connectivity index (χ1) is 54.7. The lowest BCUT2D eigenvalue weighted by atomic mass is 9.99. The van der Waals surface area contributed by atoms with Gasteiger partial charge >= 0.3 is 0 Å². The number of hydrogen-bond acceptors (Lipinski definition) is 25. The summed E-state index contributed by atoms with van der Waals surface area (Å²) in [7, 11) is 0. The van der Waals surface area contributed by atoms with Crippen LogP contribution in [0.1, 0.15) is 170 Å². The number of unbranched alkanes of at least 4 members (excludes halogenated alkanes) is 3. The number of nitrogens with zero attached hydrogens (tertiary/aromatic N) is 2. The summed E-state index contributed by atoms with van der Waals surface area (Å²) in [6.07, 6.45) is 3.49. The van der Waals surface area contributed by atoms with Crippen LogP contribution in [0.2, 0.25) is 0 Å². The summed E-state index contributed by atoms with van der Waals surface area (Å²) in [4.78, 5) is 272. The van der Waals surface area contributed by atoms with Gasteiger partial charge in [0.25, 0.3) is 11.8 Å². The highest BCUT2D eigenvalue weighted by Gasteiger charge is 2.43. The van der Waals surface area contributed by atoms with E-state index in [1.165, 1.54) is 6.92 Å². The van der Waals surface area contributed by atoms with Crippen LogP contribution < -0.4 is 80.6 Å². The lowest BCUT2D eigenvalue weighted by Crippen LogP contribution is -2.57. The van der Waals surface area contributed by atoms with Crippen LogP contribution in [-0.4, -0.2) is 277 Å². The molecule has 2 heterocycles. The van der Waals surface area contributed by atoms with Crippen molar-refractivity contribution in [3.05, 3.63) is 12.2 Å². The largest absolute Gasteiger partial charge is 0.379 e. The second-order valence-electron chi connectivity index (χ2n) is 27.3. The number of nitrogens with one attached hydrogen (secondary N) is 13. The maximum absolute atomic E-state index is 14.1. The summed E-state index contributed by atoms with van der Waals surface area (Å²) in [5, 5.41) is 31.9. The van der Waals surface area contributed by atoms with Gasteiger partial charge in [0.1, 0.15) is 42.0 Å². The predicted molar refractivity (Wildman–Crippen MR) is 417 cm³/mol. The number of hydrogen-bond donors (Lipinski definition) is 15. The highest BCUT2D eigenvalue weighted by molar-refractivity contribution is 8.01. The van der Waals surface area contributed by atoms with Crippen molar-refractivity contribution in [1.29, 1.82) is 0 Å². The van der Waals surface area contributed by atoms with Gasteiger partial charge in [-0.3, -0.25) is 110 Å². The normalized spacial score (nSPS) is 16.9. The number of likely N-dealkylation sites (tertiary alicyclic amines) is 1. The molecule has 115 heavy (non-hydrogen) atoms. The van der Waals surface area contributed by atoms with E-state index >= 15 is 0 Å². The standard InChI is InChI=1S/C73H115N17O23S2/c1-7-55(93)76-27-14-11-17-46(84-58(96)10-4)70(108)87-50(67(74)105)41-114-53-37-52(92)45(66(53)104)20-21-59(97)80-39-43(5)82-69(107)48(19-13-16-29-78-60(98)24-31-89-63(101)22-23-64(89)102)86-72(110)49(83-44(6)91)40-81-61(99)25-32-90-65(103)38-54(73(90)111)115-42-51(68(75)106)88-71(109)47(18-12-15-28-77-56(94)8-2)85-62(100)26-33-112-35-36-113-34-30-79-57(95)9-3/h22-23,43,45-51,53-54H,7-21,24-42H2,1-6H3,(H2,74,105)(H2,75,106)(H,76,93)(H,77,94)(H,78,98)(H,79,95)(H,80,97)(H,81,99)(H,82,107)(H,83,91)(H,84,96)(H,85,100)(H,86,110)(H,87,108)(H,88,109). The SMILES string of the molecule is CCC(=O)NCCCCC(NC(=O)CC)C(=O)NC(CSC1CC(=O)C(CCC(=O)NCC(C)NC(=O)C(CCCCNC(=O)CCN2C(=O)C=CC2=O)NC(=O)C(CNC(=O)CCN2C(=O)CC(SCC(NC(=O)C(CCCCNC(=O)CC)NC(=O)CCOCCOCCNC(=O)CC)C(N)=O)C2=O)NC(C)=O)C1=O)C(N)=O. The number of nitrogens with two attached hydrogens (primary N) is 2. The molecule has 1 saturated heterocycles. The van der Waals surface area contributed by atoms with Crippen LogP contribution in [0.15, 0.2) is 12.2 Å². The van der Waals surface area contributed by atoms with Gasteiger partial charge in [-0.15, -0.1) is 23.5 Å². The molecule has 0 radical (unpaired) electrons. The van der Waals surface area contributed by atoms with Crippen LogP contribution in [0, 0.1) is 5.92 Å². The first kappa shape index (κ1) is 99.2. The summed E-state index contributed by atoms with van der Waals surface area (Å²) >= 11 is 1.76. The second-order valence-corrected chi connectivity index (χ2v) is 29.8. The molecule has 19 amide bonds. The van der Waals surface area contributed by atoms with Crippen molar-refractivity contribution < 1.29 is 110 Å². The fourth-order valence-electron chi connectivity index (χ4n) is 11.5. The average molecular weight is 1660 g/mol. The van der Waals surface area contributed by atoms with E-state index < -0.39 is 184 Å². The van der Waals surface area contributed by atoms with E-state index in [4.69, 9.17) is 20.9 Å². The Morgan fingerprint density at radius 3 is 1.37 bits per heavy atom. The number of amides is 19. The minimum Gasteiger partial charge on any atom is -0.379 e. The number of rotatable bonds is 60. The Morgan fingerprint density at radius 2 is 0.861 bits per heavy atom. The Hall–Kier alpha value is -9.97. The predicted octanol–water partition coefficient (Wildman–Crippen LogP) is -4.73. The van der Waals surface area contributed by atoms with E-state index in [2.05, 4.69) is 69.1 Å². The van der Waals surface area contributed by atoms with Gasteiger partial charge in [0, 0.05) is 153 Å². The molecule has 2 fully saturated rings. The van der Waals surface area contributed by atoms with Crippen molar-refractivity contribution in [3.8, 4) is 0 Å². The minimum atomic E-state index is -1.53. The second kappa shape index (κ2) is 54.7. The number of thioether (sulfide) groups is 2. The zero-order chi connectivity index (χ0) is 85.5. The Balaban J connectivity index is 1.61. The molecule has 1 aliphatic carbocycles. The van der Waals surface area contributed by atoms with E-state index in [1.807, 2.05) is 0 Å². The number of ether oxygens (including phenoxy) is 2. The van der Waals surface area contributed by atoms with Gasteiger partial charge in [0.05, 0.1) is 42.8 Å². The van der Waals surface area contributed by atoms with Gasteiger partial charge in [0.15, 0.2) is 5.78 Å². The van der Waals surface area contributed by atoms with E-state index in [9.17, 15) is 101 Å². The van der Waals surface area contributed by atoms with Crippen LogP contribution in [-0.2, 0) is 110 Å². The summed E-state index contributed by atoms with van der Waals surface area (Å²) < 4.78 is 10.9. The fourth-order valence-corrected chi connectivity index (χ4v) is 13.9. The van der Waals surface area contributed by atoms with E-state index in [-0.39, 0.29) is 159 Å². The molecule has 10 atom stereocenters. The first-order valence-corrected chi connectivity index (χ1v) is 40.9. The highest BCUT2D eigenvalue weighted by Crippen LogP contribution is 2.32. The van der Waals surface area contributed by atoms with Crippen molar-refractivity contribution in [2.24, 2.45) is 17.4 Å². The van der Waals surface area contributed by atoms with Crippen molar-refractivity contribution in [2.45, 2.75) is 223 Å². The van der Waals surface area contributed by atoms with Crippen LogP contribution in [0.4, 0.5) is 0 Å². The molecule has 0 aromatic carbocycles. The molecule has 17 N–H and O–H groups in total.